The van der Waals surface area contributed by atoms with Crippen LogP contribution in [0.2, 0.25) is 0 Å². The number of nitrogens with two attached hydrogens (primary N) is 1. The van der Waals surface area contributed by atoms with Gasteiger partial charge in [0.1, 0.15) is 12.4 Å². The molecule has 0 saturated carbocycles. The van der Waals surface area contributed by atoms with Gasteiger partial charge in [0.2, 0.25) is 5.91 Å². The maximum Gasteiger partial charge on any atom is 0.289 e. The Labute approximate surface area is 136 Å². The molecule has 24 heavy (non-hydrogen) atoms. The number of rotatable bonds is 6. The molecule has 10 heteroatoms. The minimum absolute atomic E-state index is 0.410. The van der Waals surface area contributed by atoms with Crippen LogP contribution in [0.1, 0.15) is 0 Å². The number of nitro benzene ring substituents is 1. The van der Waals surface area contributed by atoms with Gasteiger partial charge >= 0.3 is 0 Å². The van der Waals surface area contributed by atoms with Crippen molar-refractivity contribution >= 4 is 27.3 Å². The number of halogens is 1. The first kappa shape index (κ1) is 17.3. The number of anilines is 1. The Morgan fingerprint density at radius 1 is 1.17 bits per heavy atom. The molecule has 0 saturated heterocycles. The van der Waals surface area contributed by atoms with Crippen molar-refractivity contribution in [3.05, 3.63) is 64.5 Å². The second kappa shape index (κ2) is 6.62. The Kier molecular flexibility index (Phi) is 4.79. The first-order chi connectivity index (χ1) is 11.2. The lowest BCUT2D eigenvalue weighted by molar-refractivity contribution is -0.387. The largest absolute Gasteiger partial charge is 0.368 e. The maximum absolute atomic E-state index is 14.0. The summed E-state index contributed by atoms with van der Waals surface area (Å²) in [6.45, 7) is -0.866. The second-order valence-corrected chi connectivity index (χ2v) is 6.48. The molecule has 1 amide bonds. The van der Waals surface area contributed by atoms with Crippen molar-refractivity contribution in [2.45, 2.75) is 4.90 Å². The third kappa shape index (κ3) is 3.33. The SMILES string of the molecule is NC(=O)CN(c1ccccc1F)S(=O)(=O)c1ccccc1[N+](=O)[O-]. The van der Waals surface area contributed by atoms with Gasteiger partial charge in [-0.15, -0.1) is 0 Å². The molecule has 2 rings (SSSR count). The van der Waals surface area contributed by atoms with Gasteiger partial charge in [-0.1, -0.05) is 24.3 Å². The minimum Gasteiger partial charge on any atom is -0.368 e. The summed E-state index contributed by atoms with van der Waals surface area (Å²) < 4.78 is 40.0. The summed E-state index contributed by atoms with van der Waals surface area (Å²) in [7, 11) is -4.60. The number of carbonyl (C=O) groups excluding carboxylic acids is 1. The zero-order valence-electron chi connectivity index (χ0n) is 12.1. The van der Waals surface area contributed by atoms with Crippen LogP contribution in [0.4, 0.5) is 15.8 Å². The predicted molar refractivity (Wildman–Crippen MR) is 83.2 cm³/mol. The van der Waals surface area contributed by atoms with Gasteiger partial charge in [-0.3, -0.25) is 19.2 Å². The number of hydrogen-bond donors (Lipinski definition) is 1. The Balaban J connectivity index is 2.68. The van der Waals surface area contributed by atoms with Gasteiger partial charge in [0.05, 0.1) is 10.6 Å². The van der Waals surface area contributed by atoms with E-state index in [0.717, 1.165) is 24.3 Å². The molecule has 0 radical (unpaired) electrons. The number of nitro groups is 1. The smallest absolute Gasteiger partial charge is 0.289 e. The Hall–Kier alpha value is -3.01. The molecule has 0 aromatic heterocycles. The molecule has 0 spiro atoms. The highest BCUT2D eigenvalue weighted by Crippen LogP contribution is 2.30. The fourth-order valence-electron chi connectivity index (χ4n) is 2.04. The van der Waals surface area contributed by atoms with Crippen LogP contribution in [-0.4, -0.2) is 25.8 Å². The van der Waals surface area contributed by atoms with E-state index in [0.29, 0.717) is 4.31 Å². The van der Waals surface area contributed by atoms with Gasteiger partial charge in [0.15, 0.2) is 4.90 Å². The van der Waals surface area contributed by atoms with Gasteiger partial charge < -0.3 is 5.73 Å². The molecule has 2 aromatic carbocycles. The zero-order valence-corrected chi connectivity index (χ0v) is 12.9. The van der Waals surface area contributed by atoms with Gasteiger partial charge in [0, 0.05) is 6.07 Å². The molecule has 126 valence electrons. The number of hydrogen-bond acceptors (Lipinski definition) is 5. The number of benzene rings is 2. The van der Waals surface area contributed by atoms with Crippen LogP contribution in [0.3, 0.4) is 0 Å². The first-order valence-corrected chi connectivity index (χ1v) is 7.98. The second-order valence-electron chi connectivity index (χ2n) is 4.65. The van der Waals surface area contributed by atoms with Crippen molar-refractivity contribution < 1.29 is 22.5 Å². The normalized spacial score (nSPS) is 11.0. The fraction of sp³-hybridized carbons (Fsp3) is 0.0714. The van der Waals surface area contributed by atoms with Crippen molar-refractivity contribution in [1.82, 2.24) is 0 Å². The lowest BCUT2D eigenvalue weighted by Gasteiger charge is -2.23. The quantitative estimate of drug-likeness (QED) is 0.621. The lowest BCUT2D eigenvalue weighted by Crippen LogP contribution is -2.39. The summed E-state index contributed by atoms with van der Waals surface area (Å²) in [5, 5.41) is 11.1. The third-order valence-electron chi connectivity index (χ3n) is 3.05. The molecule has 0 unspecified atom stereocenters. The number of amides is 1. The third-order valence-corrected chi connectivity index (χ3v) is 4.86. The van der Waals surface area contributed by atoms with E-state index in [4.69, 9.17) is 5.73 Å². The van der Waals surface area contributed by atoms with Crippen LogP contribution in [-0.2, 0) is 14.8 Å². The summed E-state index contributed by atoms with van der Waals surface area (Å²) in [5.41, 5.74) is 3.92. The van der Waals surface area contributed by atoms with E-state index >= 15 is 0 Å². The van der Waals surface area contributed by atoms with Crippen LogP contribution in [0, 0.1) is 15.9 Å². The van der Waals surface area contributed by atoms with E-state index < -0.39 is 49.5 Å². The average molecular weight is 353 g/mol. The highest BCUT2D eigenvalue weighted by molar-refractivity contribution is 7.93. The van der Waals surface area contributed by atoms with E-state index in [2.05, 4.69) is 0 Å². The molecular formula is C14H12FN3O5S. The molecule has 0 aliphatic rings. The Bertz CT molecular complexity index is 901. The van der Waals surface area contributed by atoms with E-state index in [-0.39, 0.29) is 0 Å². The highest BCUT2D eigenvalue weighted by Gasteiger charge is 2.33. The average Bonchev–Trinajstić information content (AvgIpc) is 2.53. The van der Waals surface area contributed by atoms with Crippen LogP contribution < -0.4 is 10.0 Å². The molecule has 0 bridgehead atoms. The van der Waals surface area contributed by atoms with E-state index in [1.165, 1.54) is 24.3 Å². The summed E-state index contributed by atoms with van der Waals surface area (Å²) in [6, 6.07) is 9.39. The standard InChI is InChI=1S/C14H12FN3O5S/c15-10-5-1-2-6-11(10)17(9-14(16)19)24(22,23)13-8-4-3-7-12(13)18(20)21/h1-8H,9H2,(H2,16,19). The van der Waals surface area contributed by atoms with E-state index in [1.54, 1.807) is 0 Å². The fourth-order valence-corrected chi connectivity index (χ4v) is 3.64. The summed E-state index contributed by atoms with van der Waals surface area (Å²) in [6.07, 6.45) is 0. The lowest BCUT2D eigenvalue weighted by atomic mass is 10.3. The van der Waals surface area contributed by atoms with Gasteiger partial charge in [0.25, 0.3) is 15.7 Å². The molecule has 0 aliphatic heterocycles. The molecular weight excluding hydrogens is 341 g/mol. The zero-order chi connectivity index (χ0) is 17.9. The van der Waals surface area contributed by atoms with E-state index in [1.807, 2.05) is 0 Å². The predicted octanol–water partition coefficient (Wildman–Crippen LogP) is 1.41. The first-order valence-electron chi connectivity index (χ1n) is 6.54. The van der Waals surface area contributed by atoms with Gasteiger partial charge in [-0.2, -0.15) is 0 Å². The number of sulfonamides is 1. The van der Waals surface area contributed by atoms with Gasteiger partial charge in [-0.25, -0.2) is 12.8 Å². The highest BCUT2D eigenvalue weighted by atomic mass is 32.2. The van der Waals surface area contributed by atoms with Crippen molar-refractivity contribution in [3.63, 3.8) is 0 Å². The van der Waals surface area contributed by atoms with Crippen molar-refractivity contribution in [2.24, 2.45) is 5.73 Å². The summed E-state index contributed by atoms with van der Waals surface area (Å²) in [4.78, 5) is 20.8. The molecule has 2 aromatic rings. The topological polar surface area (TPSA) is 124 Å². The number of primary amides is 1. The molecule has 0 atom stereocenters. The number of para-hydroxylation sites is 2. The van der Waals surface area contributed by atoms with Crippen molar-refractivity contribution in [1.29, 1.82) is 0 Å². The molecule has 2 N–H and O–H groups in total. The van der Waals surface area contributed by atoms with Crippen LogP contribution in [0.15, 0.2) is 53.4 Å². The van der Waals surface area contributed by atoms with Crippen molar-refractivity contribution in [2.75, 3.05) is 10.8 Å². The molecule has 8 nitrogen and oxygen atoms in total. The van der Waals surface area contributed by atoms with Crippen LogP contribution in [0.25, 0.3) is 0 Å². The van der Waals surface area contributed by atoms with Crippen LogP contribution in [0.5, 0.6) is 0 Å². The summed E-state index contributed by atoms with van der Waals surface area (Å²) in [5.74, 6) is -1.96. The molecule has 0 aliphatic carbocycles. The Morgan fingerprint density at radius 2 is 1.75 bits per heavy atom. The van der Waals surface area contributed by atoms with Crippen LogP contribution >= 0.6 is 0 Å². The van der Waals surface area contributed by atoms with Crippen molar-refractivity contribution in [3.8, 4) is 0 Å². The maximum atomic E-state index is 14.0. The summed E-state index contributed by atoms with van der Waals surface area (Å²) >= 11 is 0. The number of nitrogens with zero attached hydrogens (tertiary/aromatic N) is 2. The molecule has 0 fully saturated rings. The monoisotopic (exact) mass is 353 g/mol. The molecule has 0 heterocycles. The Morgan fingerprint density at radius 3 is 2.33 bits per heavy atom. The van der Waals surface area contributed by atoms with E-state index in [9.17, 15) is 27.7 Å². The minimum atomic E-state index is -4.60. The van der Waals surface area contributed by atoms with Gasteiger partial charge in [-0.05, 0) is 18.2 Å². The number of carbonyl (C=O) groups is 1.